The number of ether oxygens (including phenoxy) is 1. The molecule has 0 aliphatic carbocycles. The van der Waals surface area contributed by atoms with Crippen LogP contribution in [0.1, 0.15) is 17.3 Å². The fourth-order valence-corrected chi connectivity index (χ4v) is 1.28. The van der Waals surface area contributed by atoms with Gasteiger partial charge in [-0.1, -0.05) is 0 Å². The van der Waals surface area contributed by atoms with Crippen molar-refractivity contribution in [2.45, 2.75) is 6.92 Å². The lowest BCUT2D eigenvalue weighted by Crippen LogP contribution is -2.03. The van der Waals surface area contributed by atoms with Gasteiger partial charge in [0.15, 0.2) is 0 Å². The lowest BCUT2D eigenvalue weighted by Gasteiger charge is -2.00. The number of nitrogens with one attached hydrogen (secondary N) is 1. The SMILES string of the molecule is CCOC(=O)c1ccc2[nH]ncc2c1.Cl. The molecule has 0 atom stereocenters. The van der Waals surface area contributed by atoms with Gasteiger partial charge >= 0.3 is 5.97 Å². The van der Waals surface area contributed by atoms with Gasteiger partial charge < -0.3 is 4.74 Å². The van der Waals surface area contributed by atoms with Crippen molar-refractivity contribution in [2.24, 2.45) is 0 Å². The van der Waals surface area contributed by atoms with Gasteiger partial charge in [-0.15, -0.1) is 12.4 Å². The summed E-state index contributed by atoms with van der Waals surface area (Å²) in [5.41, 5.74) is 1.47. The molecular weight excluding hydrogens is 216 g/mol. The third-order valence-corrected chi connectivity index (χ3v) is 1.95. The maximum atomic E-state index is 11.4. The third kappa shape index (κ3) is 2.27. The van der Waals surface area contributed by atoms with Crippen molar-refractivity contribution in [3.63, 3.8) is 0 Å². The van der Waals surface area contributed by atoms with Gasteiger partial charge in [0.1, 0.15) is 0 Å². The summed E-state index contributed by atoms with van der Waals surface area (Å²) in [5, 5.41) is 7.60. The van der Waals surface area contributed by atoms with Crippen molar-refractivity contribution in [2.75, 3.05) is 6.61 Å². The van der Waals surface area contributed by atoms with E-state index in [2.05, 4.69) is 10.2 Å². The highest BCUT2D eigenvalue weighted by Gasteiger charge is 2.06. The van der Waals surface area contributed by atoms with E-state index in [0.29, 0.717) is 12.2 Å². The molecule has 2 rings (SSSR count). The molecule has 0 saturated heterocycles. The van der Waals surface area contributed by atoms with Crippen LogP contribution >= 0.6 is 12.4 Å². The maximum absolute atomic E-state index is 11.4. The average Bonchev–Trinajstić information content (AvgIpc) is 2.64. The van der Waals surface area contributed by atoms with Gasteiger partial charge in [0.25, 0.3) is 0 Å². The van der Waals surface area contributed by atoms with Gasteiger partial charge in [0.05, 0.1) is 23.9 Å². The van der Waals surface area contributed by atoms with E-state index in [1.54, 1.807) is 25.3 Å². The van der Waals surface area contributed by atoms with Crippen LogP contribution in [0.4, 0.5) is 0 Å². The van der Waals surface area contributed by atoms with E-state index in [1.165, 1.54) is 0 Å². The molecule has 2 aromatic rings. The summed E-state index contributed by atoms with van der Waals surface area (Å²) in [4.78, 5) is 11.4. The summed E-state index contributed by atoms with van der Waals surface area (Å²) < 4.78 is 4.88. The summed E-state index contributed by atoms with van der Waals surface area (Å²) in [6, 6.07) is 5.30. The van der Waals surface area contributed by atoms with E-state index in [4.69, 9.17) is 4.74 Å². The normalized spacial score (nSPS) is 9.67. The highest BCUT2D eigenvalue weighted by molar-refractivity contribution is 5.94. The van der Waals surface area contributed by atoms with Crippen LogP contribution in [0, 0.1) is 0 Å². The number of halogens is 1. The second-order valence-corrected chi connectivity index (χ2v) is 2.89. The second-order valence-electron chi connectivity index (χ2n) is 2.89. The Kier molecular flexibility index (Phi) is 3.68. The molecule has 1 aromatic heterocycles. The Morgan fingerprint density at radius 3 is 3.07 bits per heavy atom. The Balaban J connectivity index is 0.00000112. The molecule has 0 aliphatic heterocycles. The molecule has 80 valence electrons. The Bertz CT molecular complexity index is 467. The minimum Gasteiger partial charge on any atom is -0.462 e. The fraction of sp³-hybridized carbons (Fsp3) is 0.200. The number of H-pyrrole nitrogens is 1. The van der Waals surface area contributed by atoms with Crippen molar-refractivity contribution in [3.05, 3.63) is 30.0 Å². The topological polar surface area (TPSA) is 55.0 Å². The predicted octanol–water partition coefficient (Wildman–Crippen LogP) is 2.16. The van der Waals surface area contributed by atoms with E-state index in [9.17, 15) is 4.79 Å². The number of aromatic amines is 1. The number of hydrogen-bond acceptors (Lipinski definition) is 3. The first-order valence-corrected chi connectivity index (χ1v) is 4.41. The van der Waals surface area contributed by atoms with Crippen LogP contribution in [0.25, 0.3) is 10.9 Å². The van der Waals surface area contributed by atoms with Gasteiger partial charge in [-0.3, -0.25) is 5.10 Å². The third-order valence-electron chi connectivity index (χ3n) is 1.95. The molecule has 0 spiro atoms. The zero-order valence-corrected chi connectivity index (χ0v) is 9.00. The van der Waals surface area contributed by atoms with Gasteiger partial charge in [-0.05, 0) is 25.1 Å². The number of nitrogens with zero attached hydrogens (tertiary/aromatic N) is 1. The zero-order valence-electron chi connectivity index (χ0n) is 8.19. The molecule has 0 saturated carbocycles. The zero-order chi connectivity index (χ0) is 9.97. The first kappa shape index (κ1) is 11.5. The summed E-state index contributed by atoms with van der Waals surface area (Å²) >= 11 is 0. The number of aromatic nitrogens is 2. The molecule has 0 unspecified atom stereocenters. The summed E-state index contributed by atoms with van der Waals surface area (Å²) in [5.74, 6) is -0.296. The summed E-state index contributed by atoms with van der Waals surface area (Å²) in [6.45, 7) is 2.18. The Hall–Kier alpha value is -1.55. The molecule has 0 fully saturated rings. The first-order valence-electron chi connectivity index (χ1n) is 4.41. The van der Waals surface area contributed by atoms with Crippen molar-refractivity contribution in [3.8, 4) is 0 Å². The Morgan fingerprint density at radius 1 is 1.53 bits per heavy atom. The molecule has 15 heavy (non-hydrogen) atoms. The van der Waals surface area contributed by atoms with Gasteiger partial charge in [-0.2, -0.15) is 5.10 Å². The number of rotatable bonds is 2. The smallest absolute Gasteiger partial charge is 0.338 e. The average molecular weight is 227 g/mol. The Morgan fingerprint density at radius 2 is 2.33 bits per heavy atom. The van der Waals surface area contributed by atoms with Crippen LogP contribution in [0.5, 0.6) is 0 Å². The van der Waals surface area contributed by atoms with Crippen molar-refractivity contribution in [1.82, 2.24) is 10.2 Å². The number of carbonyl (C=O) groups excluding carboxylic acids is 1. The number of fused-ring (bicyclic) bond motifs is 1. The molecule has 1 heterocycles. The van der Waals surface area contributed by atoms with Gasteiger partial charge in [0, 0.05) is 5.39 Å². The molecule has 4 nitrogen and oxygen atoms in total. The van der Waals surface area contributed by atoms with E-state index >= 15 is 0 Å². The predicted molar refractivity (Wildman–Crippen MR) is 59.3 cm³/mol. The lowest BCUT2D eigenvalue weighted by molar-refractivity contribution is 0.0526. The summed E-state index contributed by atoms with van der Waals surface area (Å²) in [6.07, 6.45) is 1.68. The lowest BCUT2D eigenvalue weighted by atomic mass is 10.2. The summed E-state index contributed by atoms with van der Waals surface area (Å²) in [7, 11) is 0. The second kappa shape index (κ2) is 4.79. The standard InChI is InChI=1S/C10H10N2O2.ClH/c1-2-14-10(13)7-3-4-9-8(5-7)6-11-12-9;/h3-6H,2H2,1H3,(H,11,12);1H. The van der Waals surface area contributed by atoms with Crippen molar-refractivity contribution >= 4 is 29.3 Å². The van der Waals surface area contributed by atoms with Crippen molar-refractivity contribution in [1.29, 1.82) is 0 Å². The molecule has 1 N–H and O–H groups in total. The van der Waals surface area contributed by atoms with E-state index in [1.807, 2.05) is 6.07 Å². The molecule has 1 aromatic carbocycles. The van der Waals surface area contributed by atoms with Crippen molar-refractivity contribution < 1.29 is 9.53 Å². The quantitative estimate of drug-likeness (QED) is 0.799. The van der Waals surface area contributed by atoms with Crippen LogP contribution in [-0.2, 0) is 4.74 Å². The molecule has 0 aliphatic rings. The minimum absolute atomic E-state index is 0. The minimum atomic E-state index is -0.296. The van der Waals surface area contributed by atoms with Gasteiger partial charge in [-0.25, -0.2) is 4.79 Å². The molecule has 5 heteroatoms. The van der Waals surface area contributed by atoms with E-state index in [-0.39, 0.29) is 18.4 Å². The molecular formula is C10H11ClN2O2. The van der Waals surface area contributed by atoms with Crippen LogP contribution in [0.2, 0.25) is 0 Å². The Labute approximate surface area is 93.0 Å². The van der Waals surface area contributed by atoms with E-state index < -0.39 is 0 Å². The maximum Gasteiger partial charge on any atom is 0.338 e. The number of carbonyl (C=O) groups is 1. The fourth-order valence-electron chi connectivity index (χ4n) is 1.28. The van der Waals surface area contributed by atoms with E-state index in [0.717, 1.165) is 10.9 Å². The van der Waals surface area contributed by atoms with Crippen LogP contribution in [0.3, 0.4) is 0 Å². The van der Waals surface area contributed by atoms with Crippen LogP contribution in [0.15, 0.2) is 24.4 Å². The first-order chi connectivity index (χ1) is 6.81. The highest BCUT2D eigenvalue weighted by Crippen LogP contribution is 2.13. The monoisotopic (exact) mass is 226 g/mol. The molecule has 0 bridgehead atoms. The number of benzene rings is 1. The molecule has 0 amide bonds. The largest absolute Gasteiger partial charge is 0.462 e. The van der Waals surface area contributed by atoms with Crippen LogP contribution in [-0.4, -0.2) is 22.8 Å². The van der Waals surface area contributed by atoms with Gasteiger partial charge in [0.2, 0.25) is 0 Å². The highest BCUT2D eigenvalue weighted by atomic mass is 35.5. The number of esters is 1. The van der Waals surface area contributed by atoms with Crippen LogP contribution < -0.4 is 0 Å². The molecule has 0 radical (unpaired) electrons. The number of hydrogen-bond donors (Lipinski definition) is 1.